The maximum absolute atomic E-state index is 13.3. The number of carbonyl (C=O) groups excluding carboxylic acids is 1. The molecule has 2 aromatic rings. The number of anilines is 1. The topological polar surface area (TPSA) is 41.6 Å². The average molecular weight is 314 g/mol. The van der Waals surface area contributed by atoms with E-state index >= 15 is 0 Å². The van der Waals surface area contributed by atoms with Crippen molar-refractivity contribution in [3.05, 3.63) is 54.3 Å². The Kier molecular flexibility index (Phi) is 4.46. The molecular weight excluding hydrogens is 295 g/mol. The molecule has 1 atom stereocenters. The van der Waals surface area contributed by atoms with Crippen LogP contribution in [-0.2, 0) is 0 Å². The normalized spacial score (nSPS) is 17.1. The minimum atomic E-state index is -0.366. The van der Waals surface area contributed by atoms with Gasteiger partial charge in [-0.05, 0) is 36.6 Å². The Morgan fingerprint density at radius 3 is 2.83 bits per heavy atom. The molecule has 1 heterocycles. The molecule has 3 rings (SSSR count). The molecule has 1 aliphatic heterocycles. The smallest absolute Gasteiger partial charge is 0.321 e. The van der Waals surface area contributed by atoms with Gasteiger partial charge in [0.25, 0.3) is 0 Å². The number of rotatable bonds is 3. The van der Waals surface area contributed by atoms with Gasteiger partial charge in [0.1, 0.15) is 11.6 Å². The number of hydrogen-bond donors (Lipinski definition) is 1. The van der Waals surface area contributed by atoms with Crippen molar-refractivity contribution in [1.29, 1.82) is 0 Å². The van der Waals surface area contributed by atoms with Gasteiger partial charge in [-0.1, -0.05) is 25.1 Å². The molecule has 2 aromatic carbocycles. The number of nitrogens with zero attached hydrogens (tertiary/aromatic N) is 1. The van der Waals surface area contributed by atoms with E-state index in [2.05, 4.69) is 12.2 Å². The van der Waals surface area contributed by atoms with Crippen molar-refractivity contribution in [1.82, 2.24) is 4.90 Å². The first-order valence-corrected chi connectivity index (χ1v) is 7.70. The molecule has 1 aliphatic rings. The third kappa shape index (κ3) is 3.80. The van der Waals surface area contributed by atoms with Crippen molar-refractivity contribution in [2.45, 2.75) is 13.3 Å². The van der Waals surface area contributed by atoms with Gasteiger partial charge in [-0.3, -0.25) is 0 Å². The summed E-state index contributed by atoms with van der Waals surface area (Å²) in [5.41, 5.74) is 0.571. The third-order valence-corrected chi connectivity index (χ3v) is 3.86. The van der Waals surface area contributed by atoms with E-state index in [0.29, 0.717) is 23.1 Å². The number of amides is 2. The first-order valence-electron chi connectivity index (χ1n) is 7.70. The predicted octanol–water partition coefficient (Wildman–Crippen LogP) is 4.49. The SMILES string of the molecule is CC1CCN(C(=O)Nc2ccccc2Oc2cccc(F)c2)C1. The molecule has 0 saturated carbocycles. The molecule has 4 nitrogen and oxygen atoms in total. The summed E-state index contributed by atoms with van der Waals surface area (Å²) in [4.78, 5) is 14.1. The molecule has 0 aliphatic carbocycles. The Labute approximate surface area is 134 Å². The van der Waals surface area contributed by atoms with Gasteiger partial charge in [0.05, 0.1) is 5.69 Å². The predicted molar refractivity (Wildman–Crippen MR) is 87.3 cm³/mol. The largest absolute Gasteiger partial charge is 0.455 e. The van der Waals surface area contributed by atoms with Crippen LogP contribution in [-0.4, -0.2) is 24.0 Å². The molecule has 0 radical (unpaired) electrons. The van der Waals surface area contributed by atoms with Gasteiger partial charge in [-0.2, -0.15) is 0 Å². The first-order chi connectivity index (χ1) is 11.1. The highest BCUT2D eigenvalue weighted by Gasteiger charge is 2.23. The zero-order valence-corrected chi connectivity index (χ0v) is 13.0. The molecule has 23 heavy (non-hydrogen) atoms. The van der Waals surface area contributed by atoms with Crippen molar-refractivity contribution in [2.24, 2.45) is 5.92 Å². The second-order valence-corrected chi connectivity index (χ2v) is 5.83. The van der Waals surface area contributed by atoms with Gasteiger partial charge in [-0.25, -0.2) is 9.18 Å². The Hall–Kier alpha value is -2.56. The number of hydrogen-bond acceptors (Lipinski definition) is 2. The fraction of sp³-hybridized carbons (Fsp3) is 0.278. The van der Waals surface area contributed by atoms with E-state index in [4.69, 9.17) is 4.74 Å². The molecule has 1 fully saturated rings. The molecule has 5 heteroatoms. The molecule has 0 spiro atoms. The molecule has 1 saturated heterocycles. The van der Waals surface area contributed by atoms with Crippen LogP contribution in [0.3, 0.4) is 0 Å². The minimum absolute atomic E-state index is 0.135. The number of urea groups is 1. The first kappa shape index (κ1) is 15.3. The third-order valence-electron chi connectivity index (χ3n) is 3.86. The number of nitrogens with one attached hydrogen (secondary N) is 1. The maximum atomic E-state index is 13.3. The van der Waals surface area contributed by atoms with E-state index in [1.807, 2.05) is 12.1 Å². The summed E-state index contributed by atoms with van der Waals surface area (Å²) in [5.74, 6) is 1.04. The van der Waals surface area contributed by atoms with Gasteiger partial charge < -0.3 is 15.0 Å². The fourth-order valence-electron chi connectivity index (χ4n) is 2.63. The number of ether oxygens (including phenoxy) is 1. The van der Waals surface area contributed by atoms with Crippen LogP contribution in [0.5, 0.6) is 11.5 Å². The van der Waals surface area contributed by atoms with Gasteiger partial charge in [0.15, 0.2) is 5.75 Å². The molecule has 0 aromatic heterocycles. The van der Waals surface area contributed by atoms with Crippen molar-refractivity contribution >= 4 is 11.7 Å². The van der Waals surface area contributed by atoms with Crippen molar-refractivity contribution in [3.63, 3.8) is 0 Å². The monoisotopic (exact) mass is 314 g/mol. The number of likely N-dealkylation sites (tertiary alicyclic amines) is 1. The van der Waals surface area contributed by atoms with Crippen LogP contribution in [0.1, 0.15) is 13.3 Å². The van der Waals surface area contributed by atoms with Crippen LogP contribution in [0.4, 0.5) is 14.9 Å². The number of para-hydroxylation sites is 2. The highest BCUT2D eigenvalue weighted by molar-refractivity contribution is 5.91. The molecule has 1 N–H and O–H groups in total. The van der Waals surface area contributed by atoms with Crippen LogP contribution in [0, 0.1) is 11.7 Å². The summed E-state index contributed by atoms with van der Waals surface area (Å²) in [6, 6.07) is 12.9. The highest BCUT2D eigenvalue weighted by Crippen LogP contribution is 2.30. The Morgan fingerprint density at radius 2 is 2.09 bits per heavy atom. The van der Waals surface area contributed by atoms with E-state index < -0.39 is 0 Å². The second kappa shape index (κ2) is 6.69. The Bertz CT molecular complexity index is 705. The zero-order chi connectivity index (χ0) is 16.2. The fourth-order valence-corrected chi connectivity index (χ4v) is 2.63. The highest BCUT2D eigenvalue weighted by atomic mass is 19.1. The van der Waals surface area contributed by atoms with Crippen LogP contribution in [0.2, 0.25) is 0 Å². The number of carbonyl (C=O) groups is 1. The van der Waals surface area contributed by atoms with Gasteiger partial charge in [0.2, 0.25) is 0 Å². The minimum Gasteiger partial charge on any atom is -0.455 e. The van der Waals surface area contributed by atoms with E-state index in [1.54, 1.807) is 29.2 Å². The van der Waals surface area contributed by atoms with E-state index in [1.165, 1.54) is 12.1 Å². The molecule has 2 amide bonds. The second-order valence-electron chi connectivity index (χ2n) is 5.83. The van der Waals surface area contributed by atoms with Gasteiger partial charge in [-0.15, -0.1) is 0 Å². The van der Waals surface area contributed by atoms with Crippen LogP contribution in [0.25, 0.3) is 0 Å². The van der Waals surface area contributed by atoms with Crippen molar-refractivity contribution < 1.29 is 13.9 Å². The van der Waals surface area contributed by atoms with Crippen LogP contribution in [0.15, 0.2) is 48.5 Å². The Morgan fingerprint density at radius 1 is 1.26 bits per heavy atom. The summed E-state index contributed by atoms with van der Waals surface area (Å²) in [7, 11) is 0. The quantitative estimate of drug-likeness (QED) is 0.907. The summed E-state index contributed by atoms with van der Waals surface area (Å²) in [6.07, 6.45) is 1.02. The lowest BCUT2D eigenvalue weighted by atomic mass is 10.2. The zero-order valence-electron chi connectivity index (χ0n) is 13.0. The lowest BCUT2D eigenvalue weighted by molar-refractivity contribution is 0.221. The average Bonchev–Trinajstić information content (AvgIpc) is 2.96. The molecular formula is C18H19FN2O2. The summed E-state index contributed by atoms with van der Waals surface area (Å²) >= 11 is 0. The molecule has 120 valence electrons. The van der Waals surface area contributed by atoms with Gasteiger partial charge >= 0.3 is 6.03 Å². The lowest BCUT2D eigenvalue weighted by Gasteiger charge is -2.18. The molecule has 0 bridgehead atoms. The number of benzene rings is 2. The van der Waals surface area contributed by atoms with E-state index in [9.17, 15) is 9.18 Å². The molecule has 1 unspecified atom stereocenters. The van der Waals surface area contributed by atoms with Crippen molar-refractivity contribution in [3.8, 4) is 11.5 Å². The maximum Gasteiger partial charge on any atom is 0.321 e. The number of halogens is 1. The lowest BCUT2D eigenvalue weighted by Crippen LogP contribution is -2.32. The summed E-state index contributed by atoms with van der Waals surface area (Å²) in [5, 5.41) is 2.88. The van der Waals surface area contributed by atoms with E-state index in [-0.39, 0.29) is 11.8 Å². The summed E-state index contributed by atoms with van der Waals surface area (Å²) in [6.45, 7) is 3.66. The van der Waals surface area contributed by atoms with Crippen LogP contribution < -0.4 is 10.1 Å². The Balaban J connectivity index is 1.74. The van der Waals surface area contributed by atoms with E-state index in [0.717, 1.165) is 19.5 Å². The standard InChI is InChI=1S/C18H19FN2O2/c1-13-9-10-21(12-13)18(22)20-16-7-2-3-8-17(16)23-15-6-4-5-14(19)11-15/h2-8,11,13H,9-10,12H2,1H3,(H,20,22). The summed E-state index contributed by atoms with van der Waals surface area (Å²) < 4.78 is 19.0. The van der Waals surface area contributed by atoms with Crippen LogP contribution >= 0.6 is 0 Å². The van der Waals surface area contributed by atoms with Gasteiger partial charge in [0, 0.05) is 19.2 Å². The van der Waals surface area contributed by atoms with Crippen molar-refractivity contribution in [2.75, 3.05) is 18.4 Å².